The summed E-state index contributed by atoms with van der Waals surface area (Å²) < 4.78 is 5.57. The van der Waals surface area contributed by atoms with Gasteiger partial charge in [0.25, 0.3) is 0 Å². The maximum atomic E-state index is 11.3. The monoisotopic (exact) mass is 266 g/mol. The number of hydrogen-bond donors (Lipinski definition) is 3. The lowest BCUT2D eigenvalue weighted by Crippen LogP contribution is -2.44. The summed E-state index contributed by atoms with van der Waals surface area (Å²) in [5.74, 6) is 1.19. The van der Waals surface area contributed by atoms with Crippen LogP contribution in [0.5, 0.6) is 5.75 Å². The van der Waals surface area contributed by atoms with Crippen LogP contribution in [0, 0.1) is 0 Å². The van der Waals surface area contributed by atoms with Crippen molar-refractivity contribution < 1.29 is 14.6 Å². The molecule has 5 nitrogen and oxygen atoms in total. The van der Waals surface area contributed by atoms with E-state index >= 15 is 0 Å². The van der Waals surface area contributed by atoms with E-state index in [0.717, 1.165) is 0 Å². The van der Waals surface area contributed by atoms with Crippen molar-refractivity contribution >= 4 is 6.03 Å². The first kappa shape index (κ1) is 15.3. The minimum atomic E-state index is -0.441. The molecule has 0 aliphatic rings. The van der Waals surface area contributed by atoms with Gasteiger partial charge in [0.2, 0.25) is 0 Å². The largest absolute Gasteiger partial charge is 0.471 e. The van der Waals surface area contributed by atoms with Crippen molar-refractivity contribution in [1.29, 1.82) is 0 Å². The van der Waals surface area contributed by atoms with Gasteiger partial charge in [-0.05, 0) is 30.5 Å². The molecular weight excluding hydrogens is 244 g/mol. The molecule has 2 amide bonds. The summed E-state index contributed by atoms with van der Waals surface area (Å²) in [4.78, 5) is 11.3. The van der Waals surface area contributed by atoms with E-state index in [2.05, 4.69) is 24.5 Å². The molecule has 0 bridgehead atoms. The van der Waals surface area contributed by atoms with Crippen molar-refractivity contribution in [2.75, 3.05) is 13.2 Å². The number of carbonyl (C=O) groups is 1. The number of rotatable bonds is 6. The van der Waals surface area contributed by atoms with Gasteiger partial charge in [-0.1, -0.05) is 26.0 Å². The van der Waals surface area contributed by atoms with E-state index in [1.54, 1.807) is 6.92 Å². The minimum Gasteiger partial charge on any atom is -0.471 e. The highest BCUT2D eigenvalue weighted by Gasteiger charge is 2.08. The summed E-state index contributed by atoms with van der Waals surface area (Å²) in [5.41, 5.74) is 1.24. The molecule has 1 unspecified atom stereocenters. The molecule has 0 aromatic heterocycles. The van der Waals surface area contributed by atoms with E-state index in [0.29, 0.717) is 11.7 Å². The van der Waals surface area contributed by atoms with Gasteiger partial charge in [0, 0.05) is 6.54 Å². The third-order valence-corrected chi connectivity index (χ3v) is 2.59. The van der Waals surface area contributed by atoms with Gasteiger partial charge in [0.15, 0.2) is 6.23 Å². The number of aliphatic hydroxyl groups is 1. The van der Waals surface area contributed by atoms with Gasteiger partial charge in [0.1, 0.15) is 5.75 Å². The predicted molar refractivity (Wildman–Crippen MR) is 74.2 cm³/mol. The van der Waals surface area contributed by atoms with Crippen LogP contribution in [0.4, 0.5) is 4.79 Å². The summed E-state index contributed by atoms with van der Waals surface area (Å²) in [6.45, 7) is 6.15. The van der Waals surface area contributed by atoms with E-state index in [1.807, 2.05) is 24.3 Å². The average molecular weight is 266 g/mol. The molecule has 106 valence electrons. The van der Waals surface area contributed by atoms with Crippen LogP contribution in [0.1, 0.15) is 32.3 Å². The van der Waals surface area contributed by atoms with Crippen LogP contribution >= 0.6 is 0 Å². The van der Waals surface area contributed by atoms with Crippen LogP contribution in [0.2, 0.25) is 0 Å². The lowest BCUT2D eigenvalue weighted by molar-refractivity contribution is 0.175. The van der Waals surface area contributed by atoms with Gasteiger partial charge in [0.05, 0.1) is 6.61 Å². The Morgan fingerprint density at radius 2 is 1.89 bits per heavy atom. The highest BCUT2D eigenvalue weighted by molar-refractivity contribution is 5.73. The van der Waals surface area contributed by atoms with Crippen LogP contribution in [-0.4, -0.2) is 30.5 Å². The number of amides is 2. The molecule has 0 heterocycles. The van der Waals surface area contributed by atoms with Crippen molar-refractivity contribution in [2.45, 2.75) is 32.9 Å². The molecule has 0 aliphatic heterocycles. The molecule has 0 saturated heterocycles. The van der Waals surface area contributed by atoms with Gasteiger partial charge in [-0.3, -0.25) is 0 Å². The first-order chi connectivity index (χ1) is 9.02. The first-order valence-corrected chi connectivity index (χ1v) is 6.44. The van der Waals surface area contributed by atoms with Crippen LogP contribution in [0.3, 0.4) is 0 Å². The number of carbonyl (C=O) groups excluding carboxylic acids is 1. The Balaban J connectivity index is 2.43. The third-order valence-electron chi connectivity index (χ3n) is 2.59. The first-order valence-electron chi connectivity index (χ1n) is 6.44. The van der Waals surface area contributed by atoms with E-state index in [1.165, 1.54) is 5.56 Å². The predicted octanol–water partition coefficient (Wildman–Crippen LogP) is 1.83. The molecule has 3 N–H and O–H groups in total. The third kappa shape index (κ3) is 5.61. The second-order valence-electron chi connectivity index (χ2n) is 4.61. The molecule has 1 rings (SSSR count). The van der Waals surface area contributed by atoms with Gasteiger partial charge >= 0.3 is 6.03 Å². The van der Waals surface area contributed by atoms with Gasteiger partial charge in [-0.25, -0.2) is 4.79 Å². The van der Waals surface area contributed by atoms with Crippen molar-refractivity contribution in [1.82, 2.24) is 10.6 Å². The standard InChI is InChI=1S/C14H22N2O3/c1-10(2)12-4-6-13(7-5-12)19-11(3)16-14(18)15-8-9-17/h4-7,10-11,17H,8-9H2,1-3H3,(H2,15,16,18). The van der Waals surface area contributed by atoms with Crippen molar-refractivity contribution in [3.63, 3.8) is 0 Å². The molecule has 0 radical (unpaired) electrons. The lowest BCUT2D eigenvalue weighted by Gasteiger charge is -2.17. The number of urea groups is 1. The Kier molecular flexibility index (Phi) is 6.15. The summed E-state index contributed by atoms with van der Waals surface area (Å²) in [5, 5.41) is 13.7. The van der Waals surface area contributed by atoms with Crippen LogP contribution in [0.15, 0.2) is 24.3 Å². The number of nitrogens with one attached hydrogen (secondary N) is 2. The fourth-order valence-electron chi connectivity index (χ4n) is 1.57. The van der Waals surface area contributed by atoms with Crippen molar-refractivity contribution in [3.05, 3.63) is 29.8 Å². The number of ether oxygens (including phenoxy) is 1. The Hall–Kier alpha value is -1.75. The van der Waals surface area contributed by atoms with Gasteiger partial charge in [-0.2, -0.15) is 0 Å². The Bertz CT molecular complexity index is 390. The molecule has 0 saturated carbocycles. The highest BCUT2D eigenvalue weighted by Crippen LogP contribution is 2.18. The normalized spacial score (nSPS) is 12.1. The smallest absolute Gasteiger partial charge is 0.317 e. The minimum absolute atomic E-state index is 0.0840. The van der Waals surface area contributed by atoms with E-state index in [9.17, 15) is 4.79 Å². The molecule has 5 heteroatoms. The van der Waals surface area contributed by atoms with E-state index in [-0.39, 0.29) is 19.2 Å². The maximum Gasteiger partial charge on any atom is 0.317 e. The topological polar surface area (TPSA) is 70.6 Å². The maximum absolute atomic E-state index is 11.3. The van der Waals surface area contributed by atoms with Crippen LogP contribution < -0.4 is 15.4 Å². The van der Waals surface area contributed by atoms with Crippen LogP contribution in [0.25, 0.3) is 0 Å². The number of aliphatic hydroxyl groups excluding tert-OH is 1. The lowest BCUT2D eigenvalue weighted by atomic mass is 10.0. The second-order valence-corrected chi connectivity index (χ2v) is 4.61. The molecule has 0 fully saturated rings. The molecule has 0 aliphatic carbocycles. The number of benzene rings is 1. The molecule has 19 heavy (non-hydrogen) atoms. The molecular formula is C14H22N2O3. The summed E-state index contributed by atoms with van der Waals surface area (Å²) in [6, 6.07) is 7.44. The summed E-state index contributed by atoms with van der Waals surface area (Å²) >= 11 is 0. The summed E-state index contributed by atoms with van der Waals surface area (Å²) in [6.07, 6.45) is -0.441. The number of hydrogen-bond acceptors (Lipinski definition) is 3. The van der Waals surface area contributed by atoms with E-state index in [4.69, 9.17) is 9.84 Å². The summed E-state index contributed by atoms with van der Waals surface area (Å²) in [7, 11) is 0. The highest BCUT2D eigenvalue weighted by atomic mass is 16.5. The Morgan fingerprint density at radius 3 is 2.42 bits per heavy atom. The van der Waals surface area contributed by atoms with Gasteiger partial charge < -0.3 is 20.5 Å². The average Bonchev–Trinajstić information content (AvgIpc) is 2.36. The zero-order valence-corrected chi connectivity index (χ0v) is 11.6. The molecule has 1 aromatic carbocycles. The zero-order chi connectivity index (χ0) is 14.3. The fourth-order valence-corrected chi connectivity index (χ4v) is 1.57. The van der Waals surface area contributed by atoms with Crippen LogP contribution in [-0.2, 0) is 0 Å². The zero-order valence-electron chi connectivity index (χ0n) is 11.6. The quantitative estimate of drug-likeness (QED) is 0.688. The Morgan fingerprint density at radius 1 is 1.26 bits per heavy atom. The fraction of sp³-hybridized carbons (Fsp3) is 0.500. The molecule has 1 aromatic rings. The second kappa shape index (κ2) is 7.63. The SMILES string of the molecule is CC(NC(=O)NCCO)Oc1ccc(C(C)C)cc1. The van der Waals surface area contributed by atoms with Crippen molar-refractivity contribution in [2.24, 2.45) is 0 Å². The molecule has 1 atom stereocenters. The van der Waals surface area contributed by atoms with Gasteiger partial charge in [-0.15, -0.1) is 0 Å². The van der Waals surface area contributed by atoms with Crippen molar-refractivity contribution in [3.8, 4) is 5.75 Å². The molecule has 0 spiro atoms. The van der Waals surface area contributed by atoms with E-state index < -0.39 is 6.23 Å². The Labute approximate surface area is 114 Å².